The van der Waals surface area contributed by atoms with E-state index in [-0.39, 0.29) is 17.5 Å². The lowest BCUT2D eigenvalue weighted by Crippen LogP contribution is -2.41. The predicted octanol–water partition coefficient (Wildman–Crippen LogP) is 2.40. The van der Waals surface area contributed by atoms with E-state index < -0.39 is 4.45 Å². The summed E-state index contributed by atoms with van der Waals surface area (Å²) in [6, 6.07) is 7.29. The third-order valence-electron chi connectivity index (χ3n) is 3.43. The van der Waals surface area contributed by atoms with E-state index in [4.69, 9.17) is 9.26 Å². The van der Waals surface area contributed by atoms with E-state index in [0.29, 0.717) is 17.7 Å². The quantitative estimate of drug-likeness (QED) is 0.517. The predicted molar refractivity (Wildman–Crippen MR) is 79.5 cm³/mol. The molecule has 2 heterocycles. The molecule has 110 valence electrons. The van der Waals surface area contributed by atoms with Gasteiger partial charge in [-0.25, -0.2) is 0 Å². The van der Waals surface area contributed by atoms with E-state index >= 15 is 0 Å². The highest BCUT2D eigenvalue weighted by Gasteiger charge is 2.41. The van der Waals surface area contributed by atoms with Gasteiger partial charge in [-0.15, -0.1) is 0 Å². The third-order valence-corrected chi connectivity index (χ3v) is 4.47. The highest BCUT2D eigenvalue weighted by atomic mass is 79.9. The molecule has 21 heavy (non-hydrogen) atoms. The van der Waals surface area contributed by atoms with Crippen LogP contribution in [0.1, 0.15) is 23.5 Å². The van der Waals surface area contributed by atoms with Gasteiger partial charge in [-0.1, -0.05) is 33.2 Å². The number of carbonyl (C=O) groups excluding carboxylic acids is 1. The summed E-state index contributed by atoms with van der Waals surface area (Å²) in [6.45, 7) is 0.786. The normalized spacial score (nSPS) is 21.4. The number of halogens is 1. The molecule has 0 amide bonds. The number of methoxy groups -OCH3 is 1. The molecule has 1 fully saturated rings. The maximum Gasteiger partial charge on any atom is 0.262 e. The van der Waals surface area contributed by atoms with Gasteiger partial charge in [0.25, 0.3) is 5.89 Å². The second kappa shape index (κ2) is 5.57. The van der Waals surface area contributed by atoms with E-state index in [1.54, 1.807) is 19.2 Å². The summed E-state index contributed by atoms with van der Waals surface area (Å²) >= 11 is 3.43. The second-order valence-corrected chi connectivity index (χ2v) is 6.14. The van der Waals surface area contributed by atoms with Gasteiger partial charge in [-0.05, 0) is 31.5 Å². The summed E-state index contributed by atoms with van der Waals surface area (Å²) in [7, 11) is 1.57. The lowest BCUT2D eigenvalue weighted by Gasteiger charge is -2.17. The van der Waals surface area contributed by atoms with Gasteiger partial charge in [0.1, 0.15) is 10.2 Å². The maximum absolute atomic E-state index is 12.4. The van der Waals surface area contributed by atoms with Gasteiger partial charge in [0.2, 0.25) is 11.6 Å². The van der Waals surface area contributed by atoms with Crippen molar-refractivity contribution in [2.24, 2.45) is 0 Å². The largest absolute Gasteiger partial charge is 0.496 e. The molecule has 1 aromatic heterocycles. The molecule has 0 unspecified atom stereocenters. The molecular weight excluding hydrogens is 338 g/mol. The van der Waals surface area contributed by atoms with Crippen LogP contribution in [0.4, 0.5) is 0 Å². The van der Waals surface area contributed by atoms with Crippen molar-refractivity contribution in [2.45, 2.75) is 17.3 Å². The Morgan fingerprint density at radius 1 is 1.48 bits per heavy atom. The molecule has 3 rings (SSSR count). The van der Waals surface area contributed by atoms with Gasteiger partial charge in [0.05, 0.1) is 12.7 Å². The fourth-order valence-electron chi connectivity index (χ4n) is 2.32. The van der Waals surface area contributed by atoms with E-state index in [1.807, 2.05) is 12.1 Å². The number of Topliss-reactive ketones (excluding diaryl/α,β-unsaturated/α-hetero) is 1. The lowest BCUT2D eigenvalue weighted by atomic mass is 10.1. The minimum Gasteiger partial charge on any atom is -0.496 e. The maximum atomic E-state index is 12.4. The van der Waals surface area contributed by atoms with Crippen LogP contribution in [0.25, 0.3) is 11.5 Å². The minimum atomic E-state index is -0.783. The van der Waals surface area contributed by atoms with Crippen LogP contribution in [0, 0.1) is 0 Å². The molecule has 1 aliphatic heterocycles. The zero-order chi connectivity index (χ0) is 14.9. The number of benzene rings is 1. The van der Waals surface area contributed by atoms with Crippen molar-refractivity contribution in [2.75, 3.05) is 13.7 Å². The van der Waals surface area contributed by atoms with Crippen LogP contribution in [0.15, 0.2) is 28.8 Å². The Balaban J connectivity index is 1.91. The topological polar surface area (TPSA) is 77.2 Å². The highest BCUT2D eigenvalue weighted by Crippen LogP contribution is 2.31. The first-order valence-electron chi connectivity index (χ1n) is 6.60. The van der Waals surface area contributed by atoms with Crippen LogP contribution in [0.3, 0.4) is 0 Å². The van der Waals surface area contributed by atoms with Gasteiger partial charge in [0, 0.05) is 0 Å². The van der Waals surface area contributed by atoms with Crippen molar-refractivity contribution in [3.63, 3.8) is 0 Å². The lowest BCUT2D eigenvalue weighted by molar-refractivity contribution is 0.0924. The molecule has 0 spiro atoms. The molecule has 1 aromatic carbocycles. The smallest absolute Gasteiger partial charge is 0.262 e. The van der Waals surface area contributed by atoms with Gasteiger partial charge in [-0.3, -0.25) is 10.1 Å². The molecule has 1 atom stereocenters. The van der Waals surface area contributed by atoms with Crippen molar-refractivity contribution in [3.8, 4) is 17.2 Å². The van der Waals surface area contributed by atoms with Gasteiger partial charge in [-0.2, -0.15) is 4.98 Å². The first-order valence-corrected chi connectivity index (χ1v) is 7.39. The Bertz CT molecular complexity index is 665. The zero-order valence-corrected chi connectivity index (χ0v) is 13.0. The molecular formula is C14H14BrN3O3. The number of ether oxygens (including phenoxy) is 1. The number of ketones is 1. The Hall–Kier alpha value is -1.73. The summed E-state index contributed by atoms with van der Waals surface area (Å²) in [6.07, 6.45) is 1.62. The SMILES string of the molecule is COc1ccccc1-c1nc(C(=O)[C@@]2(Br)CCCN2)no1. The van der Waals surface area contributed by atoms with E-state index in [1.165, 1.54) is 0 Å². The molecule has 6 nitrogen and oxygen atoms in total. The van der Waals surface area contributed by atoms with Crippen LogP contribution in [-0.4, -0.2) is 34.0 Å². The number of para-hydroxylation sites is 1. The Morgan fingerprint density at radius 2 is 2.29 bits per heavy atom. The number of rotatable bonds is 4. The summed E-state index contributed by atoms with van der Waals surface area (Å²) in [4.78, 5) is 16.6. The van der Waals surface area contributed by atoms with Crippen molar-refractivity contribution in [1.82, 2.24) is 15.5 Å². The average Bonchev–Trinajstić information content (AvgIpc) is 3.16. The number of hydrogen-bond acceptors (Lipinski definition) is 6. The van der Waals surface area contributed by atoms with Crippen LogP contribution < -0.4 is 10.1 Å². The molecule has 0 radical (unpaired) electrons. The summed E-state index contributed by atoms with van der Waals surface area (Å²) in [5.74, 6) is 0.727. The molecule has 2 aromatic rings. The van der Waals surface area contributed by atoms with E-state index in [9.17, 15) is 4.79 Å². The number of nitrogens with zero attached hydrogens (tertiary/aromatic N) is 2. The number of hydrogen-bond donors (Lipinski definition) is 1. The van der Waals surface area contributed by atoms with Crippen LogP contribution in [0.2, 0.25) is 0 Å². The van der Waals surface area contributed by atoms with Crippen molar-refractivity contribution in [1.29, 1.82) is 0 Å². The third kappa shape index (κ3) is 2.58. The monoisotopic (exact) mass is 351 g/mol. The fourth-order valence-corrected chi connectivity index (χ4v) is 2.98. The number of nitrogens with one attached hydrogen (secondary N) is 1. The second-order valence-electron chi connectivity index (χ2n) is 4.78. The molecule has 1 N–H and O–H groups in total. The van der Waals surface area contributed by atoms with Gasteiger partial charge < -0.3 is 9.26 Å². The van der Waals surface area contributed by atoms with Crippen LogP contribution in [0.5, 0.6) is 5.75 Å². The van der Waals surface area contributed by atoms with Crippen LogP contribution >= 0.6 is 15.9 Å². The fraction of sp³-hybridized carbons (Fsp3) is 0.357. The Kier molecular flexibility index (Phi) is 3.77. The highest BCUT2D eigenvalue weighted by molar-refractivity contribution is 9.10. The molecule has 0 bridgehead atoms. The molecule has 0 aliphatic carbocycles. The first-order chi connectivity index (χ1) is 10.1. The Morgan fingerprint density at radius 3 is 3.00 bits per heavy atom. The summed E-state index contributed by atoms with van der Waals surface area (Å²) in [5, 5.41) is 6.92. The Labute approximate surface area is 130 Å². The van der Waals surface area contributed by atoms with Crippen molar-refractivity contribution < 1.29 is 14.1 Å². The molecule has 1 aliphatic rings. The number of aromatic nitrogens is 2. The van der Waals surface area contributed by atoms with Crippen molar-refractivity contribution in [3.05, 3.63) is 30.1 Å². The zero-order valence-electron chi connectivity index (χ0n) is 11.4. The van der Waals surface area contributed by atoms with Gasteiger partial charge >= 0.3 is 0 Å². The summed E-state index contributed by atoms with van der Waals surface area (Å²) < 4.78 is 9.68. The molecule has 1 saturated heterocycles. The first kappa shape index (κ1) is 14.2. The van der Waals surface area contributed by atoms with E-state index in [0.717, 1.165) is 13.0 Å². The standard InChI is InChI=1S/C14H14BrN3O3/c1-20-10-6-3-2-5-9(10)13-17-12(18-21-13)11(19)14(15)7-4-8-16-14/h2-3,5-6,16H,4,7-8H2,1H3/t14-/m1/s1. The minimum absolute atomic E-state index is 0.0576. The number of alkyl halides is 1. The van der Waals surface area contributed by atoms with Crippen LogP contribution in [-0.2, 0) is 0 Å². The van der Waals surface area contributed by atoms with E-state index in [2.05, 4.69) is 31.4 Å². The average molecular weight is 352 g/mol. The molecule has 0 saturated carbocycles. The number of carbonyl (C=O) groups is 1. The van der Waals surface area contributed by atoms with Gasteiger partial charge in [0.15, 0.2) is 0 Å². The van der Waals surface area contributed by atoms with Crippen molar-refractivity contribution >= 4 is 21.7 Å². The molecule has 7 heteroatoms. The summed E-state index contributed by atoms with van der Waals surface area (Å²) in [5.41, 5.74) is 0.662.